The van der Waals surface area contributed by atoms with E-state index in [4.69, 9.17) is 21.6 Å². The largest absolute Gasteiger partial charge is 0.481 e. The standard InChI is InChI=1S/C25H26ClN3O6/c1-16(30)35-23(24(33)28-19-10-8-17(15-27)9-11-19)20(14-22(31)32)25(34)29(2)21(12-13-26)18-6-4-3-5-7-18/h3-11,20-21,23H,12-14H2,1-2H3,(H,28,33)(H,31,32)/t20-,21?,23-/m1/s1. The first kappa shape index (κ1) is 27.3. The Kier molecular flexibility index (Phi) is 10.2. The number of hydrogen-bond donors (Lipinski definition) is 2. The van der Waals surface area contributed by atoms with Crippen LogP contribution >= 0.6 is 11.6 Å². The summed E-state index contributed by atoms with van der Waals surface area (Å²) in [7, 11) is 1.49. The van der Waals surface area contributed by atoms with Crippen LogP contribution in [-0.2, 0) is 23.9 Å². The number of nitriles is 1. The molecule has 0 aliphatic carbocycles. The minimum atomic E-state index is -1.71. The molecule has 2 N–H and O–H groups in total. The molecule has 3 atom stereocenters. The number of halogens is 1. The first-order chi connectivity index (χ1) is 16.7. The van der Waals surface area contributed by atoms with Crippen molar-refractivity contribution in [2.24, 2.45) is 5.92 Å². The predicted molar refractivity (Wildman–Crippen MR) is 128 cm³/mol. The number of ether oxygens (including phenoxy) is 1. The summed E-state index contributed by atoms with van der Waals surface area (Å²) in [6.07, 6.45) is -2.07. The Morgan fingerprint density at radius 2 is 1.74 bits per heavy atom. The molecule has 35 heavy (non-hydrogen) atoms. The van der Waals surface area contributed by atoms with Crippen molar-refractivity contribution in [3.8, 4) is 6.07 Å². The number of carbonyl (C=O) groups excluding carboxylic acids is 3. The van der Waals surface area contributed by atoms with Gasteiger partial charge in [-0.15, -0.1) is 11.6 Å². The van der Waals surface area contributed by atoms with Gasteiger partial charge < -0.3 is 20.1 Å². The summed E-state index contributed by atoms with van der Waals surface area (Å²) < 4.78 is 5.17. The van der Waals surface area contributed by atoms with E-state index in [1.54, 1.807) is 12.1 Å². The SMILES string of the molecule is CC(=O)O[C@@H](C(=O)Nc1ccc(C#N)cc1)[C@@H](CC(=O)O)C(=O)N(C)C(CCCl)c1ccccc1. The molecule has 9 nitrogen and oxygen atoms in total. The number of rotatable bonds is 11. The smallest absolute Gasteiger partial charge is 0.304 e. The maximum atomic E-state index is 13.5. The van der Waals surface area contributed by atoms with E-state index in [-0.39, 0.29) is 11.6 Å². The molecular formula is C25H26ClN3O6. The van der Waals surface area contributed by atoms with Gasteiger partial charge in [-0.25, -0.2) is 0 Å². The number of carboxylic acid groups (broad SMARTS) is 1. The summed E-state index contributed by atoms with van der Waals surface area (Å²) in [6, 6.07) is 16.4. The average Bonchev–Trinajstić information content (AvgIpc) is 2.84. The molecule has 2 amide bonds. The molecule has 0 aliphatic heterocycles. The fourth-order valence-electron chi connectivity index (χ4n) is 3.63. The number of alkyl halides is 1. The fraction of sp³-hybridized carbons (Fsp3) is 0.320. The van der Waals surface area contributed by atoms with Gasteiger partial charge in [0.15, 0.2) is 6.10 Å². The van der Waals surface area contributed by atoms with Crippen LogP contribution in [0.2, 0.25) is 0 Å². The van der Waals surface area contributed by atoms with Gasteiger partial charge in [0.05, 0.1) is 30.0 Å². The van der Waals surface area contributed by atoms with Crippen molar-refractivity contribution in [1.29, 1.82) is 5.26 Å². The van der Waals surface area contributed by atoms with Crippen LogP contribution in [0.25, 0.3) is 0 Å². The van der Waals surface area contributed by atoms with Crippen LogP contribution in [0, 0.1) is 17.2 Å². The monoisotopic (exact) mass is 499 g/mol. The molecule has 0 bridgehead atoms. The lowest BCUT2D eigenvalue weighted by Crippen LogP contribution is -2.48. The van der Waals surface area contributed by atoms with Gasteiger partial charge in [0.2, 0.25) is 5.91 Å². The normalized spacial score (nSPS) is 13.0. The summed E-state index contributed by atoms with van der Waals surface area (Å²) in [5.41, 5.74) is 1.43. The van der Waals surface area contributed by atoms with Gasteiger partial charge in [-0.3, -0.25) is 19.2 Å². The van der Waals surface area contributed by atoms with E-state index in [2.05, 4.69) is 5.32 Å². The van der Waals surface area contributed by atoms with Crippen molar-refractivity contribution in [2.45, 2.75) is 31.9 Å². The number of esters is 1. The topological polar surface area (TPSA) is 137 Å². The minimum absolute atomic E-state index is 0.229. The Hall–Kier alpha value is -3.90. The zero-order chi connectivity index (χ0) is 26.0. The first-order valence-electron chi connectivity index (χ1n) is 10.8. The number of nitrogens with one attached hydrogen (secondary N) is 1. The molecule has 2 rings (SSSR count). The zero-order valence-electron chi connectivity index (χ0n) is 19.3. The molecule has 1 unspecified atom stereocenters. The van der Waals surface area contributed by atoms with E-state index in [9.17, 15) is 24.3 Å². The van der Waals surface area contributed by atoms with Crippen LogP contribution in [0.4, 0.5) is 5.69 Å². The van der Waals surface area contributed by atoms with Crippen molar-refractivity contribution in [2.75, 3.05) is 18.2 Å². The van der Waals surface area contributed by atoms with Crippen molar-refractivity contribution < 1.29 is 29.0 Å². The maximum absolute atomic E-state index is 13.5. The van der Waals surface area contributed by atoms with Gasteiger partial charge in [-0.05, 0) is 36.2 Å². The third kappa shape index (κ3) is 7.83. The predicted octanol–water partition coefficient (Wildman–Crippen LogP) is 3.35. The molecule has 0 saturated carbocycles. The van der Waals surface area contributed by atoms with E-state index in [0.717, 1.165) is 12.5 Å². The molecule has 0 heterocycles. The molecule has 0 aromatic heterocycles. The number of benzene rings is 2. The Morgan fingerprint density at radius 1 is 1.11 bits per heavy atom. The zero-order valence-corrected chi connectivity index (χ0v) is 20.1. The second-order valence-electron chi connectivity index (χ2n) is 7.77. The Balaban J connectivity index is 2.39. The van der Waals surface area contributed by atoms with E-state index in [0.29, 0.717) is 12.0 Å². The summed E-state index contributed by atoms with van der Waals surface area (Å²) >= 11 is 5.97. The fourth-order valence-corrected chi connectivity index (χ4v) is 3.83. The highest BCUT2D eigenvalue weighted by atomic mass is 35.5. The lowest BCUT2D eigenvalue weighted by Gasteiger charge is -2.33. The second kappa shape index (κ2) is 13.1. The lowest BCUT2D eigenvalue weighted by molar-refractivity contribution is -0.163. The average molecular weight is 500 g/mol. The molecule has 0 radical (unpaired) electrons. The van der Waals surface area contributed by atoms with Crippen LogP contribution in [0.5, 0.6) is 0 Å². The van der Waals surface area contributed by atoms with Gasteiger partial charge in [-0.2, -0.15) is 5.26 Å². The summed E-state index contributed by atoms with van der Waals surface area (Å²) in [5, 5.41) is 20.9. The van der Waals surface area contributed by atoms with E-state index < -0.39 is 48.2 Å². The molecule has 0 saturated heterocycles. The highest BCUT2D eigenvalue weighted by Gasteiger charge is 2.41. The molecule has 2 aromatic rings. The summed E-state index contributed by atoms with van der Waals surface area (Å²) in [4.78, 5) is 51.4. The van der Waals surface area contributed by atoms with Crippen LogP contribution in [0.1, 0.15) is 36.9 Å². The quantitative estimate of drug-likeness (QED) is 0.357. The van der Waals surface area contributed by atoms with Gasteiger partial charge in [0.25, 0.3) is 5.91 Å². The first-order valence-corrected chi connectivity index (χ1v) is 11.3. The molecule has 184 valence electrons. The number of carboxylic acids is 1. The molecule has 0 aliphatic rings. The number of hydrogen-bond acceptors (Lipinski definition) is 6. The Labute approximate surface area is 208 Å². The number of aliphatic carboxylic acids is 1. The van der Waals surface area contributed by atoms with Crippen LogP contribution in [0.15, 0.2) is 54.6 Å². The van der Waals surface area contributed by atoms with Gasteiger partial charge in [-0.1, -0.05) is 30.3 Å². The van der Waals surface area contributed by atoms with Gasteiger partial charge in [0.1, 0.15) is 0 Å². The van der Waals surface area contributed by atoms with Crippen LogP contribution < -0.4 is 5.32 Å². The molecule has 0 spiro atoms. The Morgan fingerprint density at radius 3 is 2.26 bits per heavy atom. The minimum Gasteiger partial charge on any atom is -0.481 e. The van der Waals surface area contributed by atoms with Crippen molar-refractivity contribution in [1.82, 2.24) is 4.90 Å². The second-order valence-corrected chi connectivity index (χ2v) is 8.14. The highest BCUT2D eigenvalue weighted by molar-refractivity contribution is 6.17. The molecular weight excluding hydrogens is 474 g/mol. The molecule has 10 heteroatoms. The van der Waals surface area contributed by atoms with E-state index in [1.165, 1.54) is 36.2 Å². The third-order valence-electron chi connectivity index (χ3n) is 5.29. The van der Waals surface area contributed by atoms with Crippen molar-refractivity contribution in [3.63, 3.8) is 0 Å². The third-order valence-corrected chi connectivity index (χ3v) is 5.51. The van der Waals surface area contributed by atoms with Crippen molar-refractivity contribution in [3.05, 3.63) is 65.7 Å². The number of nitrogens with zero attached hydrogens (tertiary/aromatic N) is 2. The van der Waals surface area contributed by atoms with Gasteiger partial charge >= 0.3 is 11.9 Å². The molecule has 0 fully saturated rings. The van der Waals surface area contributed by atoms with Gasteiger partial charge in [0, 0.05) is 25.5 Å². The molecule has 2 aromatic carbocycles. The number of anilines is 1. The maximum Gasteiger partial charge on any atom is 0.304 e. The van der Waals surface area contributed by atoms with Crippen LogP contribution in [-0.4, -0.2) is 52.8 Å². The van der Waals surface area contributed by atoms with Crippen molar-refractivity contribution >= 4 is 41.0 Å². The van der Waals surface area contributed by atoms with E-state index in [1.807, 2.05) is 24.3 Å². The summed E-state index contributed by atoms with van der Waals surface area (Å²) in [5.74, 6) is -5.02. The Bertz CT molecular complexity index is 1080. The highest BCUT2D eigenvalue weighted by Crippen LogP contribution is 2.28. The number of amides is 2. The van der Waals surface area contributed by atoms with Crippen LogP contribution in [0.3, 0.4) is 0 Å². The van der Waals surface area contributed by atoms with E-state index >= 15 is 0 Å². The summed E-state index contributed by atoms with van der Waals surface area (Å²) in [6.45, 7) is 1.06. The number of carbonyl (C=O) groups is 4. The lowest BCUT2D eigenvalue weighted by atomic mass is 9.93.